The first-order chi connectivity index (χ1) is 12.1. The Kier molecular flexibility index (Phi) is 7.62. The van der Waals surface area contributed by atoms with Crippen LogP contribution in [-0.4, -0.2) is 50.8 Å². The van der Waals surface area contributed by atoms with Crippen molar-refractivity contribution in [3.05, 3.63) is 41.2 Å². The molecule has 1 fully saturated rings. The van der Waals surface area contributed by atoms with E-state index >= 15 is 0 Å². The maximum absolute atomic E-state index is 11.4. The second-order valence-electron chi connectivity index (χ2n) is 5.81. The Morgan fingerprint density at radius 3 is 2.88 bits per heavy atom. The number of nitrogens with zero attached hydrogens (tertiary/aromatic N) is 4. The van der Waals surface area contributed by atoms with Crippen LogP contribution in [0.15, 0.2) is 29.8 Å². The van der Waals surface area contributed by atoms with Crippen LogP contribution in [0.25, 0.3) is 6.08 Å². The lowest BCUT2D eigenvalue weighted by Gasteiger charge is -2.24. The summed E-state index contributed by atoms with van der Waals surface area (Å²) in [5.41, 5.74) is 2.21. The minimum atomic E-state index is 0. The zero-order chi connectivity index (χ0) is 17.6. The number of hydrogen-bond donors (Lipinski definition) is 1. The highest BCUT2D eigenvalue weighted by Gasteiger charge is 2.21. The van der Waals surface area contributed by atoms with Crippen molar-refractivity contribution in [1.82, 2.24) is 25.5 Å². The van der Waals surface area contributed by atoms with Crippen molar-refractivity contribution >= 4 is 35.4 Å². The van der Waals surface area contributed by atoms with Gasteiger partial charge in [0.2, 0.25) is 0 Å². The number of ether oxygens (including phenoxy) is 1. The largest absolute Gasteiger partial charge is 0.497 e. The molecule has 1 aliphatic rings. The van der Waals surface area contributed by atoms with Crippen molar-refractivity contribution < 1.29 is 9.53 Å². The first-order valence-corrected chi connectivity index (χ1v) is 9.01. The van der Waals surface area contributed by atoms with Crippen LogP contribution in [0.2, 0.25) is 0 Å². The molecule has 0 spiro atoms. The molecule has 1 atom stereocenters. The lowest BCUT2D eigenvalue weighted by Crippen LogP contribution is -2.32. The number of aromatic nitrogens is 4. The number of nitrogens with one attached hydrogen (secondary N) is 1. The Balaban J connectivity index is 0.00000243. The van der Waals surface area contributed by atoms with E-state index in [4.69, 9.17) is 4.74 Å². The SMILES string of the molecule is COc1ccc(Cn2nnc(/C=C3\CNCCC3SC(C)=O)n2)cc1.Cl. The average Bonchev–Trinajstić information content (AvgIpc) is 3.04. The molecule has 0 amide bonds. The van der Waals surface area contributed by atoms with Gasteiger partial charge in [-0.2, -0.15) is 4.80 Å². The molecule has 3 rings (SSSR count). The van der Waals surface area contributed by atoms with E-state index in [2.05, 4.69) is 20.7 Å². The molecule has 9 heteroatoms. The van der Waals surface area contributed by atoms with Crippen LogP contribution in [0, 0.1) is 0 Å². The van der Waals surface area contributed by atoms with Crippen molar-refractivity contribution in [3.63, 3.8) is 0 Å². The van der Waals surface area contributed by atoms with Gasteiger partial charge in [0.25, 0.3) is 0 Å². The van der Waals surface area contributed by atoms with Crippen LogP contribution in [-0.2, 0) is 11.3 Å². The van der Waals surface area contributed by atoms with Crippen LogP contribution >= 0.6 is 24.2 Å². The molecule has 1 aliphatic heterocycles. The minimum absolute atomic E-state index is 0. The summed E-state index contributed by atoms with van der Waals surface area (Å²) in [5.74, 6) is 1.39. The molecule has 7 nitrogen and oxygen atoms in total. The molecule has 140 valence electrons. The monoisotopic (exact) mass is 395 g/mol. The molecule has 2 heterocycles. The van der Waals surface area contributed by atoms with Gasteiger partial charge in [-0.1, -0.05) is 23.9 Å². The number of carbonyl (C=O) groups is 1. The molecule has 0 saturated carbocycles. The average molecular weight is 396 g/mol. The molecule has 0 bridgehead atoms. The Labute approximate surface area is 163 Å². The summed E-state index contributed by atoms with van der Waals surface area (Å²) in [6, 6.07) is 7.77. The van der Waals surface area contributed by atoms with Crippen LogP contribution < -0.4 is 10.1 Å². The quantitative estimate of drug-likeness (QED) is 0.830. The van der Waals surface area contributed by atoms with Gasteiger partial charge in [0.1, 0.15) is 5.75 Å². The Bertz CT molecular complexity index is 763. The zero-order valence-electron chi connectivity index (χ0n) is 14.7. The lowest BCUT2D eigenvalue weighted by atomic mass is 10.1. The van der Waals surface area contributed by atoms with Crippen LogP contribution in [0.4, 0.5) is 0 Å². The molecule has 1 unspecified atom stereocenters. The molecular formula is C17H22ClN5O2S. The highest BCUT2D eigenvalue weighted by atomic mass is 35.5. The van der Waals surface area contributed by atoms with Crippen molar-refractivity contribution in [1.29, 1.82) is 0 Å². The second kappa shape index (κ2) is 9.70. The maximum atomic E-state index is 11.4. The number of benzene rings is 1. The molecule has 1 N–H and O–H groups in total. The summed E-state index contributed by atoms with van der Waals surface area (Å²) in [6.07, 6.45) is 2.86. The molecule has 0 aliphatic carbocycles. The molecule has 1 aromatic carbocycles. The lowest BCUT2D eigenvalue weighted by molar-refractivity contribution is -0.109. The predicted molar refractivity (Wildman–Crippen MR) is 105 cm³/mol. The third kappa shape index (κ3) is 5.55. The molecule has 1 saturated heterocycles. The van der Waals surface area contributed by atoms with E-state index in [-0.39, 0.29) is 22.8 Å². The van der Waals surface area contributed by atoms with Gasteiger partial charge in [-0.15, -0.1) is 22.6 Å². The summed E-state index contributed by atoms with van der Waals surface area (Å²) in [6.45, 7) is 3.82. The molecule has 26 heavy (non-hydrogen) atoms. The van der Waals surface area contributed by atoms with Crippen LogP contribution in [0.5, 0.6) is 5.75 Å². The van der Waals surface area contributed by atoms with E-state index in [0.29, 0.717) is 12.4 Å². The predicted octanol–water partition coefficient (Wildman–Crippen LogP) is 2.18. The topological polar surface area (TPSA) is 81.9 Å². The van der Waals surface area contributed by atoms with Crippen LogP contribution in [0.3, 0.4) is 0 Å². The van der Waals surface area contributed by atoms with E-state index in [1.54, 1.807) is 18.8 Å². The maximum Gasteiger partial charge on any atom is 0.197 e. The number of halogens is 1. The Hall–Kier alpha value is -1.90. The third-order valence-corrected chi connectivity index (χ3v) is 5.05. The Morgan fingerprint density at radius 2 is 2.19 bits per heavy atom. The Morgan fingerprint density at radius 1 is 1.42 bits per heavy atom. The van der Waals surface area contributed by atoms with Crippen molar-refractivity contribution in [2.75, 3.05) is 20.2 Å². The summed E-state index contributed by atoms with van der Waals surface area (Å²) in [5, 5.41) is 16.3. The van der Waals surface area contributed by atoms with Gasteiger partial charge in [0.15, 0.2) is 10.9 Å². The van der Waals surface area contributed by atoms with Gasteiger partial charge in [0.05, 0.1) is 13.7 Å². The zero-order valence-corrected chi connectivity index (χ0v) is 16.3. The molecule has 0 radical (unpaired) electrons. The number of piperidine rings is 1. The number of methoxy groups -OCH3 is 1. The first kappa shape index (κ1) is 20.4. The van der Waals surface area contributed by atoms with Crippen LogP contribution in [0.1, 0.15) is 24.7 Å². The smallest absolute Gasteiger partial charge is 0.197 e. The highest BCUT2D eigenvalue weighted by Crippen LogP contribution is 2.26. The van der Waals surface area contributed by atoms with Gasteiger partial charge in [-0.3, -0.25) is 4.79 Å². The molecular weight excluding hydrogens is 374 g/mol. The number of thioether (sulfide) groups is 1. The van der Waals surface area contributed by atoms with E-state index in [1.165, 1.54) is 11.8 Å². The van der Waals surface area contributed by atoms with Gasteiger partial charge in [-0.25, -0.2) is 0 Å². The van der Waals surface area contributed by atoms with Crippen molar-refractivity contribution in [2.45, 2.75) is 25.1 Å². The summed E-state index contributed by atoms with van der Waals surface area (Å²) < 4.78 is 5.16. The molecule has 2 aromatic rings. The fraction of sp³-hybridized carbons (Fsp3) is 0.412. The number of tetrazole rings is 1. The van der Waals surface area contributed by atoms with E-state index in [9.17, 15) is 4.79 Å². The third-order valence-electron chi connectivity index (χ3n) is 3.90. The fourth-order valence-electron chi connectivity index (χ4n) is 2.68. The van der Waals surface area contributed by atoms with Crippen molar-refractivity contribution in [3.8, 4) is 5.75 Å². The number of hydrogen-bond acceptors (Lipinski definition) is 7. The normalized spacial score (nSPS) is 18.4. The van der Waals surface area contributed by atoms with E-state index in [0.717, 1.165) is 36.4 Å². The van der Waals surface area contributed by atoms with Gasteiger partial charge >= 0.3 is 0 Å². The van der Waals surface area contributed by atoms with Gasteiger partial charge in [0, 0.05) is 18.7 Å². The van der Waals surface area contributed by atoms with Gasteiger partial charge in [-0.05, 0) is 47.5 Å². The summed E-state index contributed by atoms with van der Waals surface area (Å²) in [7, 11) is 1.64. The first-order valence-electron chi connectivity index (χ1n) is 8.13. The number of rotatable bonds is 5. The minimum Gasteiger partial charge on any atom is -0.497 e. The van der Waals surface area contributed by atoms with Gasteiger partial charge < -0.3 is 10.1 Å². The fourth-order valence-corrected chi connectivity index (χ4v) is 3.62. The standard InChI is InChI=1S/C17H21N5O2S.ClH/c1-12(23)25-16-7-8-18-10-14(16)9-17-19-21-22(20-17)11-13-3-5-15(24-2)6-4-13;/h3-6,9,16,18H,7-8,10-11H2,1-2H3;1H/b14-9+;. The summed E-state index contributed by atoms with van der Waals surface area (Å²) in [4.78, 5) is 13.0. The highest BCUT2D eigenvalue weighted by molar-refractivity contribution is 8.14. The molecule has 1 aromatic heterocycles. The second-order valence-corrected chi connectivity index (χ2v) is 7.19. The summed E-state index contributed by atoms with van der Waals surface area (Å²) >= 11 is 1.37. The van der Waals surface area contributed by atoms with Crippen molar-refractivity contribution in [2.24, 2.45) is 0 Å². The number of carbonyl (C=O) groups excluding carboxylic acids is 1. The van der Waals surface area contributed by atoms with E-state index < -0.39 is 0 Å². The van der Waals surface area contributed by atoms with E-state index in [1.807, 2.05) is 30.3 Å².